The molecule has 3 aromatic heterocycles. The maximum Gasteiger partial charge on any atom is 0.212 e. The smallest absolute Gasteiger partial charge is 0.212 e. The Hall–Kier alpha value is -2.88. The van der Waals surface area contributed by atoms with E-state index in [9.17, 15) is 0 Å². The lowest BCUT2D eigenvalue weighted by atomic mass is 10.1. The molecule has 102 valence electrons. The summed E-state index contributed by atoms with van der Waals surface area (Å²) in [5, 5.41) is 0. The highest BCUT2D eigenvalue weighted by Gasteiger charge is 2.14. The first-order valence-electron chi connectivity index (χ1n) is 6.87. The van der Waals surface area contributed by atoms with Gasteiger partial charge in [-0.25, -0.2) is 4.98 Å². The molecule has 3 heterocycles. The molecule has 0 fully saturated rings. The van der Waals surface area contributed by atoms with Crippen LogP contribution in [0.3, 0.4) is 0 Å². The number of nitrogens with zero attached hydrogens (tertiary/aromatic N) is 3. The highest BCUT2D eigenvalue weighted by molar-refractivity contribution is 5.68. The van der Waals surface area contributed by atoms with Gasteiger partial charge in [-0.2, -0.15) is 0 Å². The van der Waals surface area contributed by atoms with Crippen LogP contribution in [0, 0.1) is 6.92 Å². The van der Waals surface area contributed by atoms with E-state index >= 15 is 0 Å². The van der Waals surface area contributed by atoms with Crippen LogP contribution in [0.2, 0.25) is 0 Å². The molecule has 0 radical (unpaired) electrons. The van der Waals surface area contributed by atoms with Gasteiger partial charge in [0.05, 0.1) is 11.4 Å². The van der Waals surface area contributed by atoms with Gasteiger partial charge in [-0.3, -0.25) is 9.38 Å². The lowest BCUT2D eigenvalue weighted by Crippen LogP contribution is -1.86. The van der Waals surface area contributed by atoms with Gasteiger partial charge in [0.15, 0.2) is 0 Å². The van der Waals surface area contributed by atoms with Crippen molar-refractivity contribution in [3.8, 4) is 22.6 Å². The van der Waals surface area contributed by atoms with E-state index < -0.39 is 0 Å². The molecule has 0 saturated carbocycles. The molecule has 0 bridgehead atoms. The van der Waals surface area contributed by atoms with Crippen LogP contribution in [-0.4, -0.2) is 19.4 Å². The minimum Gasteiger partial charge on any atom is -0.327 e. The second kappa shape index (κ2) is 4.59. The van der Waals surface area contributed by atoms with Gasteiger partial charge in [-0.05, 0) is 19.1 Å². The highest BCUT2D eigenvalue weighted by atomic mass is 15.1. The van der Waals surface area contributed by atoms with Crippen LogP contribution in [0.25, 0.3) is 28.4 Å². The number of aryl methyl sites for hydroxylation is 1. The SMILES string of the molecule is Cc1[nH]c2nc(-c3ccccn3)cn2c1-c1ccccc1. The monoisotopic (exact) mass is 274 g/mol. The quantitative estimate of drug-likeness (QED) is 0.606. The summed E-state index contributed by atoms with van der Waals surface area (Å²) in [5.41, 5.74) is 5.17. The summed E-state index contributed by atoms with van der Waals surface area (Å²) in [6.07, 6.45) is 3.82. The summed E-state index contributed by atoms with van der Waals surface area (Å²) in [7, 11) is 0. The first-order chi connectivity index (χ1) is 10.3. The number of aromatic amines is 1. The Morgan fingerprint density at radius 1 is 0.952 bits per heavy atom. The van der Waals surface area contributed by atoms with Gasteiger partial charge in [0, 0.05) is 23.7 Å². The molecule has 0 aliphatic heterocycles. The Morgan fingerprint density at radius 2 is 1.76 bits per heavy atom. The summed E-state index contributed by atoms with van der Waals surface area (Å²) in [4.78, 5) is 12.3. The van der Waals surface area contributed by atoms with Gasteiger partial charge in [-0.1, -0.05) is 36.4 Å². The summed E-state index contributed by atoms with van der Waals surface area (Å²) in [6, 6.07) is 16.2. The van der Waals surface area contributed by atoms with Crippen molar-refractivity contribution < 1.29 is 0 Å². The Bertz CT molecular complexity index is 889. The molecule has 0 atom stereocenters. The van der Waals surface area contributed by atoms with Crippen LogP contribution in [0.15, 0.2) is 60.9 Å². The predicted octanol–water partition coefficient (Wildman–Crippen LogP) is 3.70. The Labute approximate surface area is 122 Å². The van der Waals surface area contributed by atoms with Gasteiger partial charge in [0.25, 0.3) is 0 Å². The maximum absolute atomic E-state index is 4.63. The zero-order chi connectivity index (χ0) is 14.2. The molecule has 4 rings (SSSR count). The largest absolute Gasteiger partial charge is 0.327 e. The van der Waals surface area contributed by atoms with Crippen LogP contribution in [0.5, 0.6) is 0 Å². The van der Waals surface area contributed by atoms with Crippen LogP contribution >= 0.6 is 0 Å². The van der Waals surface area contributed by atoms with E-state index in [0.29, 0.717) is 0 Å². The molecule has 4 nitrogen and oxygen atoms in total. The number of H-pyrrole nitrogens is 1. The number of nitrogens with one attached hydrogen (secondary N) is 1. The molecule has 0 spiro atoms. The molecule has 4 heteroatoms. The standard InChI is InChI=1S/C17H14N4/c1-12-16(13-7-3-2-4-8-13)21-11-15(20-17(21)19-12)14-9-5-6-10-18-14/h2-11H,1H3,(H,19,20). The van der Waals surface area contributed by atoms with Crippen molar-refractivity contribution in [2.75, 3.05) is 0 Å². The van der Waals surface area contributed by atoms with Crippen molar-refractivity contribution in [3.05, 3.63) is 66.6 Å². The summed E-state index contributed by atoms with van der Waals surface area (Å²) in [5.74, 6) is 0.840. The van der Waals surface area contributed by atoms with Gasteiger partial charge in [0.1, 0.15) is 5.69 Å². The minimum absolute atomic E-state index is 0.840. The number of imidazole rings is 2. The van der Waals surface area contributed by atoms with Crippen LogP contribution in [-0.2, 0) is 0 Å². The Kier molecular flexibility index (Phi) is 2.60. The lowest BCUT2D eigenvalue weighted by Gasteiger charge is -2.01. The normalized spacial score (nSPS) is 11.1. The first kappa shape index (κ1) is 11.9. The topological polar surface area (TPSA) is 46.0 Å². The van der Waals surface area contributed by atoms with Gasteiger partial charge in [0.2, 0.25) is 5.78 Å². The average molecular weight is 274 g/mol. The molecule has 1 N–H and O–H groups in total. The Balaban J connectivity index is 1.93. The van der Waals surface area contributed by atoms with Crippen molar-refractivity contribution in [1.82, 2.24) is 19.4 Å². The van der Waals surface area contributed by atoms with Gasteiger partial charge < -0.3 is 4.98 Å². The third-order valence-corrected chi connectivity index (χ3v) is 3.58. The fourth-order valence-electron chi connectivity index (χ4n) is 2.64. The van der Waals surface area contributed by atoms with E-state index in [4.69, 9.17) is 0 Å². The molecule has 0 aliphatic carbocycles. The molecule has 0 unspecified atom stereocenters. The number of fused-ring (bicyclic) bond motifs is 1. The Morgan fingerprint density at radius 3 is 2.52 bits per heavy atom. The van der Waals surface area contributed by atoms with E-state index in [1.54, 1.807) is 6.20 Å². The van der Waals surface area contributed by atoms with E-state index in [1.807, 2.05) is 42.6 Å². The zero-order valence-corrected chi connectivity index (χ0v) is 11.6. The summed E-state index contributed by atoms with van der Waals surface area (Å²) in [6.45, 7) is 2.07. The highest BCUT2D eigenvalue weighted by Crippen LogP contribution is 2.26. The van der Waals surface area contributed by atoms with E-state index in [1.165, 1.54) is 5.56 Å². The second-order valence-corrected chi connectivity index (χ2v) is 5.00. The molecular formula is C17H14N4. The van der Waals surface area contributed by atoms with E-state index in [2.05, 4.69) is 38.4 Å². The molecular weight excluding hydrogens is 260 g/mol. The molecule has 21 heavy (non-hydrogen) atoms. The number of rotatable bonds is 2. The van der Waals surface area contributed by atoms with E-state index in [-0.39, 0.29) is 0 Å². The third-order valence-electron chi connectivity index (χ3n) is 3.58. The molecule has 0 saturated heterocycles. The number of aromatic nitrogens is 4. The fourth-order valence-corrected chi connectivity index (χ4v) is 2.64. The van der Waals surface area contributed by atoms with Crippen molar-refractivity contribution in [1.29, 1.82) is 0 Å². The predicted molar refractivity (Wildman–Crippen MR) is 82.9 cm³/mol. The number of hydrogen-bond acceptors (Lipinski definition) is 2. The summed E-state index contributed by atoms with van der Waals surface area (Å²) >= 11 is 0. The van der Waals surface area contributed by atoms with Crippen molar-refractivity contribution in [2.24, 2.45) is 0 Å². The average Bonchev–Trinajstić information content (AvgIpc) is 3.05. The van der Waals surface area contributed by atoms with Gasteiger partial charge >= 0.3 is 0 Å². The van der Waals surface area contributed by atoms with Crippen LogP contribution in [0.1, 0.15) is 5.69 Å². The van der Waals surface area contributed by atoms with Crippen molar-refractivity contribution in [3.63, 3.8) is 0 Å². The van der Waals surface area contributed by atoms with Crippen molar-refractivity contribution >= 4 is 5.78 Å². The second-order valence-electron chi connectivity index (χ2n) is 5.00. The van der Waals surface area contributed by atoms with Crippen molar-refractivity contribution in [2.45, 2.75) is 6.92 Å². The summed E-state index contributed by atoms with van der Waals surface area (Å²) < 4.78 is 2.09. The number of pyridine rings is 1. The number of benzene rings is 1. The zero-order valence-electron chi connectivity index (χ0n) is 11.6. The van der Waals surface area contributed by atoms with Gasteiger partial charge in [-0.15, -0.1) is 0 Å². The lowest BCUT2D eigenvalue weighted by molar-refractivity contribution is 1.21. The molecule has 0 aliphatic rings. The third kappa shape index (κ3) is 1.92. The fraction of sp³-hybridized carbons (Fsp3) is 0.0588. The molecule has 0 amide bonds. The minimum atomic E-state index is 0.840. The molecule has 1 aromatic carbocycles. The maximum atomic E-state index is 4.63. The first-order valence-corrected chi connectivity index (χ1v) is 6.87. The van der Waals surface area contributed by atoms with E-state index in [0.717, 1.165) is 28.6 Å². The van der Waals surface area contributed by atoms with Crippen LogP contribution < -0.4 is 0 Å². The molecule has 4 aromatic rings. The number of hydrogen-bond donors (Lipinski definition) is 1. The van der Waals surface area contributed by atoms with Crippen LogP contribution in [0.4, 0.5) is 0 Å².